The molecule has 0 atom stereocenters. The molecule has 0 saturated carbocycles. The van der Waals surface area contributed by atoms with Crippen molar-refractivity contribution in [2.24, 2.45) is 0 Å². The highest BCUT2D eigenvalue weighted by atomic mass is 35.5. The summed E-state index contributed by atoms with van der Waals surface area (Å²) < 4.78 is 62.9. The lowest BCUT2D eigenvalue weighted by Gasteiger charge is -2.06. The molecule has 4 rings (SSSR count). The number of benzene rings is 4. The second-order valence-electron chi connectivity index (χ2n) is 26.9. The molecule has 4 aromatic rings. The first-order valence-electron chi connectivity index (χ1n) is 38.3. The number of rotatable bonds is 40. The summed E-state index contributed by atoms with van der Waals surface area (Å²) in [6.45, 7) is 34.4. The van der Waals surface area contributed by atoms with Crippen LogP contribution in [0, 0.1) is 5.82 Å². The molecular weight excluding hydrogens is 1620 g/mol. The molecule has 8 nitrogen and oxygen atoms in total. The molecular formula is C93H138Cl2F4O8S7. The Morgan fingerprint density at radius 2 is 0.605 bits per heavy atom. The van der Waals surface area contributed by atoms with Gasteiger partial charge in [0.15, 0.2) is 0 Å². The fourth-order valence-electron chi connectivity index (χ4n) is 9.70. The number of ether oxygens (including phenoxy) is 1. The van der Waals surface area contributed by atoms with Crippen LogP contribution in [0.5, 0.6) is 0 Å². The van der Waals surface area contributed by atoms with Crippen LogP contribution in [0.2, 0.25) is 10.0 Å². The maximum absolute atomic E-state index is 13.2. The minimum absolute atomic E-state index is 0. The molecule has 0 radical (unpaired) electrons. The van der Waals surface area contributed by atoms with Gasteiger partial charge < -0.3 is 20.1 Å². The second kappa shape index (κ2) is 77.3. The van der Waals surface area contributed by atoms with Gasteiger partial charge in [0.1, 0.15) is 5.82 Å². The molecule has 0 aliphatic rings. The first kappa shape index (κ1) is 115. The molecule has 0 bridgehead atoms. The van der Waals surface area contributed by atoms with E-state index in [0.717, 1.165) is 136 Å². The Balaban J connectivity index is -0.000000263. The molecule has 4 aromatic carbocycles. The van der Waals surface area contributed by atoms with Gasteiger partial charge in [-0.3, -0.25) is 13.2 Å². The van der Waals surface area contributed by atoms with Crippen molar-refractivity contribution in [3.63, 3.8) is 0 Å². The lowest BCUT2D eigenvalue weighted by Crippen LogP contribution is -2.02. The van der Waals surface area contributed by atoms with Gasteiger partial charge in [-0.2, -0.15) is 40.2 Å². The Hall–Kier alpha value is -5.61. The quantitative estimate of drug-likeness (QED) is 0.0169. The van der Waals surface area contributed by atoms with Gasteiger partial charge in [-0.05, 0) is 280 Å². The predicted molar refractivity (Wildman–Crippen MR) is 511 cm³/mol. The molecule has 0 aliphatic heterocycles. The highest BCUT2D eigenvalue weighted by Gasteiger charge is 2.15. The number of carboxylic acids is 3. The summed E-state index contributed by atoms with van der Waals surface area (Å²) in [5.74, 6) is -0.700. The normalized spacial score (nSPS) is 11.4. The van der Waals surface area contributed by atoms with Crippen molar-refractivity contribution in [3.8, 4) is 0 Å². The van der Waals surface area contributed by atoms with E-state index >= 15 is 0 Å². The third-order valence-corrected chi connectivity index (χ3v) is 20.4. The van der Waals surface area contributed by atoms with Gasteiger partial charge in [-0.1, -0.05) is 183 Å². The van der Waals surface area contributed by atoms with Crippen LogP contribution in [0.25, 0.3) is 0 Å². The van der Waals surface area contributed by atoms with Gasteiger partial charge in [0, 0.05) is 52.6 Å². The molecule has 0 aromatic heterocycles. The molecule has 3 N–H and O–H groups in total. The van der Waals surface area contributed by atoms with E-state index in [1.165, 1.54) is 127 Å². The van der Waals surface area contributed by atoms with Crippen molar-refractivity contribution < 1.29 is 56.8 Å². The number of methoxy groups -OCH3 is 1. The van der Waals surface area contributed by atoms with Gasteiger partial charge in [0.25, 0.3) is 0 Å². The first-order chi connectivity index (χ1) is 55.3. The minimum Gasteiger partial charge on any atom is -0.478 e. The highest BCUT2D eigenvalue weighted by Crippen LogP contribution is 2.30. The molecule has 0 saturated heterocycles. The SMILES string of the molecule is C.CC(C)=CCC/C(C)=C/CC/C(C)=C/CSc1cc(Cl)ccc1C(=O)O.CC(C)=CCC/C(C)=C/CC/C(C)=C/CSc1ccc(Cl)cc1C(=O)O.CC(C)=CCC/C(C)=C/CC/C(C)=C/CSc1ccc(F)cc1C(=O)O.CF.CF.CF.COC(=O)c1ccccc1SC/C=C(\C)CC/C=C(\C)CCC=C(C)C.[3H]S.[3H]S.[3H]S. The largest absolute Gasteiger partial charge is 0.478 e. The zero-order valence-electron chi connectivity index (χ0n) is 73.7. The van der Waals surface area contributed by atoms with Crippen LogP contribution >= 0.6 is 110 Å². The summed E-state index contributed by atoms with van der Waals surface area (Å²) in [6.07, 6.45) is 44.4. The van der Waals surface area contributed by atoms with E-state index in [9.17, 15) is 47.0 Å². The van der Waals surface area contributed by atoms with Crippen molar-refractivity contribution in [1.82, 2.24) is 0 Å². The van der Waals surface area contributed by atoms with Crippen LogP contribution < -0.4 is 0 Å². The monoisotopic (exact) mass is 1760 g/mol. The number of carbonyl (C=O) groups excluding carboxylic acids is 1. The van der Waals surface area contributed by atoms with Gasteiger partial charge in [-0.15, -0.1) is 47.0 Å². The van der Waals surface area contributed by atoms with Crippen molar-refractivity contribution in [2.45, 2.75) is 241 Å². The third kappa shape index (κ3) is 65.4. The number of alkyl halides is 3. The van der Waals surface area contributed by atoms with E-state index in [1.807, 2.05) is 24.3 Å². The number of carbonyl (C=O) groups is 4. The molecule has 0 aliphatic carbocycles. The van der Waals surface area contributed by atoms with Crippen molar-refractivity contribution in [3.05, 3.63) is 257 Å². The minimum atomic E-state index is -1.10. The Labute approximate surface area is 737 Å². The fraction of sp³-hybridized carbons (Fsp3) is 0.441. The summed E-state index contributed by atoms with van der Waals surface area (Å²) in [5.41, 5.74) is 17.8. The van der Waals surface area contributed by atoms with Gasteiger partial charge in [0.05, 0.1) is 54.3 Å². The van der Waals surface area contributed by atoms with Gasteiger partial charge in [-0.25, -0.2) is 23.6 Å². The van der Waals surface area contributed by atoms with Crippen LogP contribution in [0.15, 0.2) is 238 Å². The standard InChI is InChI=1S/C23H32O2S.2C22H29ClO2S.C22H29FO2S.3CH3F.CH4.3H2S/c1-18(2)10-8-11-19(3)12-9-13-20(4)16-17-26-22-15-7-6-14-21(22)23(24)25-5;1-16(2)7-5-8-17(3)9-6-10-18(4)13-14-26-21-12-11-19(23)15-20(21)22(24)25;1-16(2)7-5-8-17(3)9-6-10-18(4)13-14-26-21-15-19(23)11-12-20(21)22(24)25;1-16(2)7-5-8-17(3)9-6-10-18(4)13-14-26-21-12-11-19(23)15-20(21)22(24)25;3*1-2;;;;/h6-7,10,12,14-16H,8-9,11,13,17H2,1-5H3;3*7,9,11-13,15H,5-6,8,10,14H2,1-4H3,(H,24,25);3*1H3;1H4;3*1H2/b19-12+,20-16+;3*17-9+,18-13+;;;;;;;/i/hT3. The molecule has 0 unspecified atom stereocenters. The van der Waals surface area contributed by atoms with Crippen LogP contribution in [0.4, 0.5) is 17.6 Å². The highest BCUT2D eigenvalue weighted by molar-refractivity contribution is 8.00. The third-order valence-electron chi connectivity index (χ3n) is 16.0. The molecule has 0 heterocycles. The van der Waals surface area contributed by atoms with E-state index in [1.54, 1.807) is 42.1 Å². The average molecular weight is 1760 g/mol. The number of carboxylic acid groups (broad SMARTS) is 3. The molecule has 642 valence electrons. The number of hydrogen-bond donors (Lipinski definition) is 3. The van der Waals surface area contributed by atoms with E-state index < -0.39 is 23.7 Å². The number of hydrogen-bond acceptors (Lipinski definition) is 9. The van der Waals surface area contributed by atoms with Gasteiger partial charge >= 0.3 is 23.9 Å². The Kier molecular flexibility index (Phi) is 77.8. The number of allylic oxidation sites excluding steroid dienone is 20. The molecule has 114 heavy (non-hydrogen) atoms. The average Bonchev–Trinajstić information content (AvgIpc) is 0.874. The fourth-order valence-corrected chi connectivity index (χ4v) is 14.2. The summed E-state index contributed by atoms with van der Waals surface area (Å²) in [5, 5.41) is 28.7. The van der Waals surface area contributed by atoms with Gasteiger partial charge in [0.2, 0.25) is 0 Å². The number of halogens is 6. The molecule has 21 heteroatoms. The van der Waals surface area contributed by atoms with Crippen LogP contribution in [0.3, 0.4) is 0 Å². The summed E-state index contributed by atoms with van der Waals surface area (Å²) in [6, 6.07) is 21.4. The number of esters is 1. The maximum atomic E-state index is 13.2. The molecule has 0 fully saturated rings. The van der Waals surface area contributed by atoms with E-state index in [2.05, 4.69) is 224 Å². The second-order valence-corrected chi connectivity index (χ2v) is 32.0. The Morgan fingerprint density at radius 3 is 0.912 bits per heavy atom. The zero-order chi connectivity index (χ0) is 89.9. The zero-order valence-corrected chi connectivity index (χ0v) is 78.2. The number of aromatic carboxylic acids is 3. The lowest BCUT2D eigenvalue weighted by molar-refractivity contribution is 0.0594. The first-order valence-corrected chi connectivity index (χ1v) is 41.7. The topological polar surface area (TPSA) is 138 Å². The molecule has 0 amide bonds. The predicted octanol–water partition coefficient (Wildman–Crippen LogP) is 31.9. The van der Waals surface area contributed by atoms with Crippen LogP contribution in [-0.4, -0.2) is 94.2 Å². The Morgan fingerprint density at radius 1 is 0.351 bits per heavy atom. The lowest BCUT2D eigenvalue weighted by atomic mass is 10.1. The van der Waals surface area contributed by atoms with Crippen molar-refractivity contribution >= 4 is 134 Å². The Bertz CT molecular complexity index is 3660. The van der Waals surface area contributed by atoms with E-state index in [-0.39, 0.29) is 24.5 Å². The summed E-state index contributed by atoms with van der Waals surface area (Å²) in [4.78, 5) is 48.6. The summed E-state index contributed by atoms with van der Waals surface area (Å²) >= 11 is 26.3. The van der Waals surface area contributed by atoms with Crippen LogP contribution in [-0.2, 0) is 4.74 Å². The number of thioether (sulfide) groups is 4. The van der Waals surface area contributed by atoms with Crippen molar-refractivity contribution in [1.29, 1.82) is 3.37 Å². The van der Waals surface area contributed by atoms with Crippen molar-refractivity contribution in [2.75, 3.05) is 51.7 Å². The smallest absolute Gasteiger partial charge is 0.338 e. The summed E-state index contributed by atoms with van der Waals surface area (Å²) in [7, 11) is 2.92. The maximum Gasteiger partial charge on any atom is 0.338 e. The van der Waals surface area contributed by atoms with Crippen LogP contribution in [0.1, 0.15) is 262 Å². The van der Waals surface area contributed by atoms with E-state index in [0.29, 0.717) is 58.2 Å². The van der Waals surface area contributed by atoms with E-state index in [4.69, 9.17) is 36.4 Å². The molecule has 0 spiro atoms.